The summed E-state index contributed by atoms with van der Waals surface area (Å²) < 4.78 is 8.13. The minimum Gasteiger partial charge on any atom is -0.494 e. The summed E-state index contributed by atoms with van der Waals surface area (Å²) in [5.74, 6) is -0.229. The lowest BCUT2D eigenvalue weighted by Crippen LogP contribution is -2.32. The van der Waals surface area contributed by atoms with Gasteiger partial charge in [-0.05, 0) is 107 Å². The highest BCUT2D eigenvalue weighted by Crippen LogP contribution is 2.44. The van der Waals surface area contributed by atoms with Crippen LogP contribution < -0.4 is 15.4 Å². The standard InChI is InChI=1S/C40H45Cl2N5O3.CH2O/c1-8-29(43-6)22-45-39-32(15-16-34(41)36(39)35-25(4)46-47(7)26(35)5)27(11-10-18-50-30-19-23(2)37(42)24(3)20-30)21-28-13-14-33(40(48)49)38-31(28)12-9-17-44-38;1-2/h9,12-17,19-21,29,43,45H,8,10-11,18,22H2,1-7H3,(H,48,49);1H2/b27-21+;. The van der Waals surface area contributed by atoms with Gasteiger partial charge in [0.2, 0.25) is 0 Å². The molecule has 0 bridgehead atoms. The minimum atomic E-state index is -1.01. The van der Waals surface area contributed by atoms with E-state index in [0.717, 1.165) is 78.6 Å². The molecule has 1 atom stereocenters. The van der Waals surface area contributed by atoms with Gasteiger partial charge in [0.05, 0.1) is 34.1 Å². The van der Waals surface area contributed by atoms with E-state index < -0.39 is 5.97 Å². The molecule has 0 aliphatic heterocycles. The van der Waals surface area contributed by atoms with Crippen molar-refractivity contribution in [2.24, 2.45) is 7.05 Å². The van der Waals surface area contributed by atoms with Gasteiger partial charge < -0.3 is 25.3 Å². The zero-order valence-electron chi connectivity index (χ0n) is 30.9. The molecule has 3 N–H and O–H groups in total. The van der Waals surface area contributed by atoms with Crippen molar-refractivity contribution < 1.29 is 19.4 Å². The summed E-state index contributed by atoms with van der Waals surface area (Å²) in [6.45, 7) is 13.3. The number of nitrogens with one attached hydrogen (secondary N) is 2. The first kappa shape index (κ1) is 40.1. The van der Waals surface area contributed by atoms with Gasteiger partial charge in [0.25, 0.3) is 0 Å². The second-order valence-corrected chi connectivity index (χ2v) is 13.5. The van der Waals surface area contributed by atoms with Crippen molar-refractivity contribution in [2.75, 3.05) is 25.5 Å². The summed E-state index contributed by atoms with van der Waals surface area (Å²) in [6, 6.07) is 15.4. The Morgan fingerprint density at radius 1 is 1.04 bits per heavy atom. The van der Waals surface area contributed by atoms with Crippen LogP contribution in [-0.2, 0) is 11.8 Å². The second kappa shape index (κ2) is 18.2. The third-order valence-corrected chi connectivity index (χ3v) is 10.2. The van der Waals surface area contributed by atoms with E-state index in [9.17, 15) is 9.90 Å². The molecule has 2 aromatic heterocycles. The van der Waals surface area contributed by atoms with Crippen molar-refractivity contribution in [3.8, 4) is 16.9 Å². The van der Waals surface area contributed by atoms with Crippen LogP contribution in [-0.4, -0.2) is 58.9 Å². The Labute approximate surface area is 316 Å². The zero-order chi connectivity index (χ0) is 38.1. The number of aromatic carboxylic acids is 1. The third-order valence-electron chi connectivity index (χ3n) is 9.32. The maximum atomic E-state index is 12.1. The van der Waals surface area contributed by atoms with Crippen LogP contribution in [0.1, 0.15) is 70.2 Å². The Morgan fingerprint density at radius 3 is 2.35 bits per heavy atom. The van der Waals surface area contributed by atoms with E-state index in [-0.39, 0.29) is 11.6 Å². The number of halogens is 2. The summed E-state index contributed by atoms with van der Waals surface area (Å²) >= 11 is 13.5. The number of allylic oxidation sites excluding steroid dienone is 1. The van der Waals surface area contributed by atoms with Gasteiger partial charge in [-0.15, -0.1) is 0 Å². The summed E-state index contributed by atoms with van der Waals surface area (Å²) in [6.07, 6.45) is 6.09. The fourth-order valence-electron chi connectivity index (χ4n) is 6.49. The smallest absolute Gasteiger partial charge is 0.337 e. The molecule has 1 unspecified atom stereocenters. The number of hydrogen-bond donors (Lipinski definition) is 3. The van der Waals surface area contributed by atoms with E-state index >= 15 is 0 Å². The monoisotopic (exact) mass is 743 g/mol. The van der Waals surface area contributed by atoms with E-state index in [2.05, 4.69) is 41.6 Å². The number of benzene rings is 3. The quantitative estimate of drug-likeness (QED) is 0.0761. The summed E-state index contributed by atoms with van der Waals surface area (Å²) in [5.41, 5.74) is 10.2. The number of aromatic nitrogens is 3. The van der Waals surface area contributed by atoms with Gasteiger partial charge in [0.15, 0.2) is 0 Å². The molecule has 5 aromatic rings. The predicted molar refractivity (Wildman–Crippen MR) is 214 cm³/mol. The number of ether oxygens (including phenoxy) is 1. The molecule has 274 valence electrons. The molecule has 0 aliphatic rings. The molecule has 0 radical (unpaired) electrons. The van der Waals surface area contributed by atoms with Crippen molar-refractivity contribution in [2.45, 2.75) is 59.9 Å². The average Bonchev–Trinajstić information content (AvgIpc) is 3.39. The van der Waals surface area contributed by atoms with Crippen molar-refractivity contribution in [1.82, 2.24) is 20.1 Å². The van der Waals surface area contributed by atoms with Crippen LogP contribution in [0.2, 0.25) is 10.0 Å². The SMILES string of the molecule is C=O.CCC(CNc1c(/C(=C/c2ccc(C(=O)O)c3ncccc23)CCCOc2cc(C)c(Cl)c(C)c2)ccc(Cl)c1-c1c(C)nn(C)c1C)NC. The van der Waals surface area contributed by atoms with Gasteiger partial charge >= 0.3 is 5.97 Å². The molecule has 2 heterocycles. The lowest BCUT2D eigenvalue weighted by Gasteiger charge is -2.23. The van der Waals surface area contributed by atoms with Gasteiger partial charge in [-0.2, -0.15) is 5.10 Å². The number of fused-ring (bicyclic) bond motifs is 1. The fraction of sp³-hybridized carbons (Fsp3) is 0.317. The average molecular weight is 745 g/mol. The number of anilines is 1. The second-order valence-electron chi connectivity index (χ2n) is 12.7. The van der Waals surface area contributed by atoms with E-state index in [1.165, 1.54) is 0 Å². The molecule has 52 heavy (non-hydrogen) atoms. The molecular formula is C41H47Cl2N5O4. The highest BCUT2D eigenvalue weighted by molar-refractivity contribution is 6.34. The van der Waals surface area contributed by atoms with Crippen molar-refractivity contribution in [1.29, 1.82) is 0 Å². The van der Waals surface area contributed by atoms with Crippen LogP contribution in [0, 0.1) is 27.7 Å². The van der Waals surface area contributed by atoms with E-state index in [0.29, 0.717) is 36.5 Å². The highest BCUT2D eigenvalue weighted by Gasteiger charge is 2.23. The number of carbonyl (C=O) groups excluding carboxylic acids is 1. The molecule has 0 fully saturated rings. The maximum Gasteiger partial charge on any atom is 0.337 e. The van der Waals surface area contributed by atoms with Crippen LogP contribution in [0.25, 0.3) is 33.7 Å². The lowest BCUT2D eigenvalue weighted by molar-refractivity contribution is -0.0980. The molecule has 5 rings (SSSR count). The Bertz CT molecular complexity index is 2060. The van der Waals surface area contributed by atoms with Crippen LogP contribution in [0.15, 0.2) is 54.7 Å². The Hall–Kier alpha value is -4.70. The fourth-order valence-corrected chi connectivity index (χ4v) is 6.85. The van der Waals surface area contributed by atoms with Crippen molar-refractivity contribution >= 4 is 64.2 Å². The molecular weight excluding hydrogens is 697 g/mol. The van der Waals surface area contributed by atoms with Gasteiger partial charge in [-0.3, -0.25) is 9.67 Å². The van der Waals surface area contributed by atoms with Gasteiger partial charge in [0.1, 0.15) is 12.5 Å². The molecule has 9 nitrogen and oxygen atoms in total. The topological polar surface area (TPSA) is 118 Å². The first-order chi connectivity index (χ1) is 24.9. The largest absolute Gasteiger partial charge is 0.494 e. The summed E-state index contributed by atoms with van der Waals surface area (Å²) in [4.78, 5) is 24.6. The molecule has 0 amide bonds. The number of carboxylic acid groups (broad SMARTS) is 1. The minimum absolute atomic E-state index is 0.164. The lowest BCUT2D eigenvalue weighted by atomic mass is 9.90. The Balaban J connectivity index is 0.00000297. The number of rotatable bonds is 14. The zero-order valence-corrected chi connectivity index (χ0v) is 32.4. The third kappa shape index (κ3) is 8.84. The number of hydrogen-bond acceptors (Lipinski definition) is 7. The first-order valence-electron chi connectivity index (χ1n) is 17.2. The Kier molecular flexibility index (Phi) is 14.0. The normalized spacial score (nSPS) is 12.0. The summed E-state index contributed by atoms with van der Waals surface area (Å²) in [7, 11) is 3.92. The van der Waals surface area contributed by atoms with Gasteiger partial charge in [0, 0.05) is 58.6 Å². The maximum absolute atomic E-state index is 12.1. The molecule has 3 aromatic carbocycles. The molecule has 0 saturated carbocycles. The number of pyridine rings is 1. The van der Waals surface area contributed by atoms with Crippen LogP contribution in [0.4, 0.5) is 5.69 Å². The van der Waals surface area contributed by atoms with Crippen LogP contribution in [0.5, 0.6) is 5.75 Å². The number of likely N-dealkylation sites (N-methyl/N-ethyl adjacent to an activating group) is 1. The molecule has 11 heteroatoms. The van der Waals surface area contributed by atoms with Crippen molar-refractivity contribution in [3.05, 3.63) is 104 Å². The van der Waals surface area contributed by atoms with Crippen LogP contribution >= 0.6 is 23.2 Å². The number of carbonyl (C=O) groups is 2. The van der Waals surface area contributed by atoms with E-state index in [4.69, 9.17) is 37.8 Å². The molecule has 0 aliphatic carbocycles. The van der Waals surface area contributed by atoms with Gasteiger partial charge in [-0.1, -0.05) is 54.4 Å². The first-order valence-corrected chi connectivity index (χ1v) is 17.9. The Morgan fingerprint density at radius 2 is 1.73 bits per heavy atom. The number of nitrogens with zero attached hydrogens (tertiary/aromatic N) is 3. The highest BCUT2D eigenvalue weighted by atomic mass is 35.5. The van der Waals surface area contributed by atoms with Crippen LogP contribution in [0.3, 0.4) is 0 Å². The van der Waals surface area contributed by atoms with Crippen molar-refractivity contribution in [3.63, 3.8) is 0 Å². The molecule has 0 spiro atoms. The van der Waals surface area contributed by atoms with E-state index in [1.807, 2.05) is 82.7 Å². The van der Waals surface area contributed by atoms with E-state index in [1.54, 1.807) is 12.3 Å². The molecule has 0 saturated heterocycles. The number of carboxylic acids is 1. The summed E-state index contributed by atoms with van der Waals surface area (Å²) in [5, 5.41) is 24.0. The predicted octanol–water partition coefficient (Wildman–Crippen LogP) is 9.50. The van der Waals surface area contributed by atoms with Gasteiger partial charge in [-0.25, -0.2) is 4.79 Å². The number of aryl methyl sites for hydroxylation is 4.